The smallest absolute Gasteiger partial charge is 0.125 e. The van der Waals surface area contributed by atoms with Crippen molar-refractivity contribution in [1.82, 2.24) is 15.1 Å². The summed E-state index contributed by atoms with van der Waals surface area (Å²) in [4.78, 5) is 10.1. The molecule has 1 spiro atoms. The Bertz CT molecular complexity index is 875. The van der Waals surface area contributed by atoms with E-state index in [0.29, 0.717) is 12.1 Å². The molecule has 2 atom stereocenters. The molecule has 2 aliphatic rings. The third kappa shape index (κ3) is 7.33. The van der Waals surface area contributed by atoms with Crippen LogP contribution in [0.3, 0.4) is 0 Å². The molecule has 0 aliphatic carbocycles. The fourth-order valence-electron chi connectivity index (χ4n) is 4.80. The molecule has 6 heteroatoms. The highest BCUT2D eigenvalue weighted by Crippen LogP contribution is 2.39. The maximum Gasteiger partial charge on any atom is 0.125 e. The number of hydrogen-bond acceptors (Lipinski definition) is 5. The van der Waals surface area contributed by atoms with Gasteiger partial charge in [0.25, 0.3) is 0 Å². The first-order valence-corrected chi connectivity index (χ1v) is 12.5. The number of likely N-dealkylation sites (tertiary alicyclic amines) is 1. The molecule has 1 fully saturated rings. The Balaban J connectivity index is 0.000000945. The molecule has 1 saturated heterocycles. The first-order valence-electron chi connectivity index (χ1n) is 12.5. The summed E-state index contributed by atoms with van der Waals surface area (Å²) in [5.74, 6) is 1.81. The minimum Gasteiger partial charge on any atom is -0.491 e. The van der Waals surface area contributed by atoms with Crippen LogP contribution < -0.4 is 10.1 Å². The van der Waals surface area contributed by atoms with Gasteiger partial charge in [-0.3, -0.25) is 4.90 Å². The predicted molar refractivity (Wildman–Crippen MR) is 142 cm³/mol. The van der Waals surface area contributed by atoms with Gasteiger partial charge in [0, 0.05) is 30.9 Å². The predicted octanol–water partition coefficient (Wildman–Crippen LogP) is 6.28. The van der Waals surface area contributed by atoms with Gasteiger partial charge < -0.3 is 15.0 Å². The van der Waals surface area contributed by atoms with Crippen LogP contribution in [0, 0.1) is 0 Å². The van der Waals surface area contributed by atoms with Crippen LogP contribution in [0.5, 0.6) is 5.75 Å². The van der Waals surface area contributed by atoms with Gasteiger partial charge in [-0.25, -0.2) is 9.38 Å². The van der Waals surface area contributed by atoms with Crippen LogP contribution in [0.15, 0.2) is 53.4 Å². The number of allylic oxidation sites excluding steroid dienone is 3. The lowest BCUT2D eigenvalue weighted by Gasteiger charge is -2.49. The highest BCUT2D eigenvalue weighted by atomic mass is 19.1. The Labute approximate surface area is 206 Å². The number of nitrogens with zero attached hydrogens (tertiary/aromatic N) is 3. The largest absolute Gasteiger partial charge is 0.491 e. The summed E-state index contributed by atoms with van der Waals surface area (Å²) >= 11 is 0. The Kier molecular flexibility index (Phi) is 10.2. The summed E-state index contributed by atoms with van der Waals surface area (Å²) in [5, 5.41) is 3.67. The molecule has 1 N–H and O–H groups in total. The molecule has 0 saturated carbocycles. The molecule has 1 aromatic carbocycles. The number of ether oxygens (including phenoxy) is 1. The molecule has 1 aromatic rings. The Morgan fingerprint density at radius 1 is 1.32 bits per heavy atom. The summed E-state index contributed by atoms with van der Waals surface area (Å²) in [7, 11) is 0. The lowest BCUT2D eigenvalue weighted by Crippen LogP contribution is -2.62. The number of nitrogens with one attached hydrogen (secondary N) is 1. The second-order valence-corrected chi connectivity index (χ2v) is 10.1. The average Bonchev–Trinajstić information content (AvgIpc) is 3.05. The number of halogens is 1. The normalized spacial score (nSPS) is 23.1. The van der Waals surface area contributed by atoms with E-state index >= 15 is 0 Å². The van der Waals surface area contributed by atoms with Crippen LogP contribution in [0.2, 0.25) is 0 Å². The Morgan fingerprint density at radius 3 is 2.56 bits per heavy atom. The molecular weight excluding hydrogens is 427 g/mol. The topological polar surface area (TPSA) is 40.1 Å². The van der Waals surface area contributed by atoms with Crippen molar-refractivity contribution in [3.63, 3.8) is 0 Å². The van der Waals surface area contributed by atoms with E-state index in [0.717, 1.165) is 38.3 Å². The molecule has 0 amide bonds. The molecule has 0 radical (unpaired) electrons. The fourth-order valence-corrected chi connectivity index (χ4v) is 4.80. The highest BCUT2D eigenvalue weighted by Gasteiger charge is 2.49. The van der Waals surface area contributed by atoms with E-state index in [1.54, 1.807) is 0 Å². The third-order valence-corrected chi connectivity index (χ3v) is 6.32. The van der Waals surface area contributed by atoms with E-state index in [-0.39, 0.29) is 17.5 Å². The van der Waals surface area contributed by atoms with Gasteiger partial charge in [0.1, 0.15) is 23.8 Å². The quantitative estimate of drug-likeness (QED) is 0.529. The van der Waals surface area contributed by atoms with Crippen molar-refractivity contribution in [1.29, 1.82) is 0 Å². The van der Waals surface area contributed by atoms with Crippen molar-refractivity contribution in [2.75, 3.05) is 13.2 Å². The zero-order valence-corrected chi connectivity index (χ0v) is 22.5. The highest BCUT2D eigenvalue weighted by molar-refractivity contribution is 5.93. The number of aliphatic imine (C=N–C) groups is 1. The van der Waals surface area contributed by atoms with Gasteiger partial charge >= 0.3 is 0 Å². The van der Waals surface area contributed by atoms with Crippen molar-refractivity contribution in [2.24, 2.45) is 4.99 Å². The van der Waals surface area contributed by atoms with E-state index in [2.05, 4.69) is 101 Å². The van der Waals surface area contributed by atoms with Crippen LogP contribution in [0.25, 0.3) is 0 Å². The van der Waals surface area contributed by atoms with E-state index in [9.17, 15) is 4.39 Å². The molecule has 0 bridgehead atoms. The monoisotopic (exact) mass is 472 g/mol. The maximum atomic E-state index is 10.8. The SMILES string of the molecule is C/C=C(\C)N1CN=C(NC(C)C)C12CCN(Cc1cccc(OC(C)C)c1)C(C)C2.C=C(C)F. The first kappa shape index (κ1) is 27.9. The second kappa shape index (κ2) is 12.4. The number of piperidine rings is 1. The molecule has 34 heavy (non-hydrogen) atoms. The first-order chi connectivity index (χ1) is 16.0. The van der Waals surface area contributed by atoms with Gasteiger partial charge in [0.2, 0.25) is 0 Å². The van der Waals surface area contributed by atoms with E-state index in [1.807, 2.05) is 0 Å². The fraction of sp³-hybridized carbons (Fsp3) is 0.607. The van der Waals surface area contributed by atoms with E-state index < -0.39 is 0 Å². The lowest BCUT2D eigenvalue weighted by molar-refractivity contribution is 0.0612. The average molecular weight is 473 g/mol. The molecule has 2 aliphatic heterocycles. The molecule has 0 aromatic heterocycles. The van der Waals surface area contributed by atoms with Crippen molar-refractivity contribution in [3.8, 4) is 5.75 Å². The van der Waals surface area contributed by atoms with Crippen LogP contribution in [0.1, 0.15) is 73.8 Å². The zero-order valence-electron chi connectivity index (χ0n) is 22.5. The minimum absolute atomic E-state index is 0.0145. The lowest BCUT2D eigenvalue weighted by atomic mass is 9.80. The minimum atomic E-state index is -0.333. The Hall–Kier alpha value is -2.34. The summed E-state index contributed by atoms with van der Waals surface area (Å²) < 4.78 is 16.7. The Morgan fingerprint density at radius 2 is 2.00 bits per heavy atom. The van der Waals surface area contributed by atoms with Crippen molar-refractivity contribution < 1.29 is 9.13 Å². The van der Waals surface area contributed by atoms with Gasteiger partial charge in [-0.1, -0.05) is 24.8 Å². The van der Waals surface area contributed by atoms with E-state index in [4.69, 9.17) is 9.73 Å². The third-order valence-electron chi connectivity index (χ3n) is 6.32. The van der Waals surface area contributed by atoms with Crippen molar-refractivity contribution in [3.05, 3.63) is 54.0 Å². The summed E-state index contributed by atoms with van der Waals surface area (Å²) in [6.45, 7) is 22.2. The van der Waals surface area contributed by atoms with Crippen LogP contribution >= 0.6 is 0 Å². The van der Waals surface area contributed by atoms with Gasteiger partial charge in [0.05, 0.1) is 11.9 Å². The summed E-state index contributed by atoms with van der Waals surface area (Å²) in [6, 6.07) is 9.42. The molecule has 2 heterocycles. The second-order valence-electron chi connectivity index (χ2n) is 10.1. The molecule has 190 valence electrons. The summed E-state index contributed by atoms with van der Waals surface area (Å²) in [5.41, 5.74) is 2.62. The number of amidine groups is 1. The number of benzene rings is 1. The van der Waals surface area contributed by atoms with E-state index in [1.165, 1.54) is 24.0 Å². The van der Waals surface area contributed by atoms with Crippen molar-refractivity contribution in [2.45, 2.75) is 98.5 Å². The molecule has 5 nitrogen and oxygen atoms in total. The number of hydrogen-bond donors (Lipinski definition) is 1. The van der Waals surface area contributed by atoms with Crippen LogP contribution in [0.4, 0.5) is 4.39 Å². The van der Waals surface area contributed by atoms with Gasteiger partial charge in [-0.2, -0.15) is 0 Å². The summed E-state index contributed by atoms with van der Waals surface area (Å²) in [6.07, 6.45) is 4.58. The maximum absolute atomic E-state index is 10.8. The van der Waals surface area contributed by atoms with Crippen molar-refractivity contribution >= 4 is 5.84 Å². The number of rotatable bonds is 6. The van der Waals surface area contributed by atoms with Crippen LogP contribution in [-0.4, -0.2) is 52.6 Å². The zero-order chi connectivity index (χ0) is 25.5. The molecule has 3 rings (SSSR count). The molecular formula is C28H45FN4O. The van der Waals surface area contributed by atoms with Gasteiger partial charge in [-0.15, -0.1) is 0 Å². The van der Waals surface area contributed by atoms with Gasteiger partial charge in [0.15, 0.2) is 0 Å². The van der Waals surface area contributed by atoms with Gasteiger partial charge in [-0.05, 0) is 85.9 Å². The van der Waals surface area contributed by atoms with Crippen LogP contribution in [-0.2, 0) is 6.54 Å². The molecule has 2 unspecified atom stereocenters. The standard InChI is InChI=1S/C25H40N4O.C3H5F/c1-8-20(6)29-17-26-24(27-18(2)3)25(29)12-13-28(21(7)15-25)16-22-10-9-11-23(14-22)30-19(4)5;1-3(2)4/h8-11,14,18-19,21H,12-13,15-17H2,1-7H3,(H,26,27);1H2,2H3/b20-8+;.